The molecule has 8 N–H and O–H groups in total. The summed E-state index contributed by atoms with van der Waals surface area (Å²) in [5, 5.41) is 79.6. The molecule has 0 bridgehead atoms. The molecule has 2 aliphatic rings. The number of aliphatic hydroxyl groups is 7. The van der Waals surface area contributed by atoms with Gasteiger partial charge in [0.25, 0.3) is 0 Å². The van der Waals surface area contributed by atoms with Crippen LogP contribution in [0.15, 0.2) is 24.3 Å². The van der Waals surface area contributed by atoms with Gasteiger partial charge in [0.15, 0.2) is 17.8 Å². The molecule has 2 saturated heterocycles. The van der Waals surface area contributed by atoms with Crippen LogP contribution < -0.4 is 4.74 Å². The molecule has 0 aromatic heterocycles. The highest BCUT2D eigenvalue weighted by atomic mass is 16.8. The fraction of sp³-hybridized carbons (Fsp3) is 0.591. The normalized spacial score (nSPS) is 36.8. The van der Waals surface area contributed by atoms with Gasteiger partial charge in [-0.3, -0.25) is 0 Å². The number of ether oxygens (including phenoxy) is 5. The van der Waals surface area contributed by atoms with Gasteiger partial charge >= 0.3 is 5.97 Å². The highest BCUT2D eigenvalue weighted by Gasteiger charge is 2.58. The van der Waals surface area contributed by atoms with Gasteiger partial charge in [-0.25, -0.2) is 4.79 Å². The minimum atomic E-state index is -2.32. The van der Waals surface area contributed by atoms with E-state index in [1.165, 1.54) is 31.4 Å². The van der Waals surface area contributed by atoms with Crippen molar-refractivity contribution in [1.82, 2.24) is 0 Å². The smallest absolute Gasteiger partial charge is 0.330 e. The van der Waals surface area contributed by atoms with Crippen LogP contribution in [0, 0.1) is 0 Å². The van der Waals surface area contributed by atoms with Crippen LogP contribution in [0.2, 0.25) is 0 Å². The number of hydrogen-bond donors (Lipinski definition) is 8. The summed E-state index contributed by atoms with van der Waals surface area (Å²) >= 11 is 0. The van der Waals surface area contributed by atoms with Crippen LogP contribution in [0.4, 0.5) is 0 Å². The molecule has 1 aromatic carbocycles. The van der Waals surface area contributed by atoms with Crippen molar-refractivity contribution >= 4 is 12.0 Å². The number of phenols is 1. The minimum absolute atomic E-state index is 0.0851. The summed E-state index contributed by atoms with van der Waals surface area (Å²) in [6.07, 6.45) is -11.1. The molecule has 2 aliphatic heterocycles. The first-order valence-electron chi connectivity index (χ1n) is 10.9. The summed E-state index contributed by atoms with van der Waals surface area (Å²) in [6.45, 7) is -2.34. The van der Waals surface area contributed by atoms with E-state index in [1.54, 1.807) is 0 Å². The molecule has 0 aliphatic carbocycles. The van der Waals surface area contributed by atoms with Gasteiger partial charge in [-0.2, -0.15) is 0 Å². The van der Waals surface area contributed by atoms with Crippen molar-refractivity contribution in [2.45, 2.75) is 54.8 Å². The van der Waals surface area contributed by atoms with E-state index in [1.807, 2.05) is 0 Å². The van der Waals surface area contributed by atoms with Crippen LogP contribution in [0.3, 0.4) is 0 Å². The van der Waals surface area contributed by atoms with Gasteiger partial charge in [-0.15, -0.1) is 0 Å². The third kappa shape index (κ3) is 5.78. The predicted octanol–water partition coefficient (Wildman–Crippen LogP) is -3.42. The van der Waals surface area contributed by atoms with Crippen molar-refractivity contribution in [1.29, 1.82) is 0 Å². The average molecular weight is 518 g/mol. The zero-order chi connectivity index (χ0) is 26.6. The number of methoxy groups -OCH3 is 1. The van der Waals surface area contributed by atoms with E-state index < -0.39 is 80.6 Å². The molecule has 36 heavy (non-hydrogen) atoms. The van der Waals surface area contributed by atoms with E-state index >= 15 is 0 Å². The molecule has 14 nitrogen and oxygen atoms in total. The Kier molecular flexibility index (Phi) is 9.23. The molecular formula is C22H30O14. The largest absolute Gasteiger partial charge is 0.504 e. The Labute approximate surface area is 205 Å². The fourth-order valence-electron chi connectivity index (χ4n) is 3.79. The Morgan fingerprint density at radius 3 is 2.39 bits per heavy atom. The lowest BCUT2D eigenvalue weighted by Gasteiger charge is -2.43. The lowest BCUT2D eigenvalue weighted by atomic mass is 9.99. The summed E-state index contributed by atoms with van der Waals surface area (Å²) in [4.78, 5) is 12.1. The maximum Gasteiger partial charge on any atom is 0.330 e. The van der Waals surface area contributed by atoms with Gasteiger partial charge in [0.05, 0.1) is 13.7 Å². The average Bonchev–Trinajstić information content (AvgIpc) is 3.12. The van der Waals surface area contributed by atoms with E-state index in [9.17, 15) is 45.6 Å². The van der Waals surface area contributed by atoms with Gasteiger partial charge in [0, 0.05) is 6.08 Å². The number of hydrogen-bond acceptors (Lipinski definition) is 14. The van der Waals surface area contributed by atoms with Crippen molar-refractivity contribution in [2.75, 3.05) is 26.9 Å². The van der Waals surface area contributed by atoms with Gasteiger partial charge in [-0.1, -0.05) is 6.07 Å². The first kappa shape index (κ1) is 28.2. The SMILES string of the molecule is COc1cc(/C=C/C(=O)OC[C@H]2O[C@H](OC3(CO)OC(CO)C(O)C3O)[C@H](O)[C@@H](O)[C@@H]2O)ccc1O. The van der Waals surface area contributed by atoms with Crippen LogP contribution in [-0.2, 0) is 23.7 Å². The van der Waals surface area contributed by atoms with E-state index in [0.717, 1.165) is 6.08 Å². The molecule has 14 heteroatoms. The van der Waals surface area contributed by atoms with Gasteiger partial charge < -0.3 is 64.5 Å². The number of aliphatic hydroxyl groups excluding tert-OH is 7. The predicted molar refractivity (Wildman–Crippen MR) is 116 cm³/mol. The van der Waals surface area contributed by atoms with E-state index in [2.05, 4.69) is 0 Å². The Hall–Kier alpha value is -2.37. The number of carbonyl (C=O) groups excluding carboxylic acids is 1. The van der Waals surface area contributed by atoms with Gasteiger partial charge in [0.2, 0.25) is 5.79 Å². The Balaban J connectivity index is 1.64. The van der Waals surface area contributed by atoms with Crippen molar-refractivity contribution in [3.8, 4) is 11.5 Å². The number of phenolic OH excluding ortho intramolecular Hbond substituents is 1. The first-order chi connectivity index (χ1) is 17.1. The molecule has 202 valence electrons. The maximum absolute atomic E-state index is 12.1. The Morgan fingerprint density at radius 1 is 1.06 bits per heavy atom. The quantitative estimate of drug-likeness (QED) is 0.118. The van der Waals surface area contributed by atoms with Crippen LogP contribution in [0.5, 0.6) is 11.5 Å². The van der Waals surface area contributed by atoms with Gasteiger partial charge in [0.1, 0.15) is 55.9 Å². The second-order valence-corrected chi connectivity index (χ2v) is 8.27. The number of carbonyl (C=O) groups is 1. The zero-order valence-electron chi connectivity index (χ0n) is 19.2. The number of rotatable bonds is 9. The van der Waals surface area contributed by atoms with Crippen LogP contribution in [0.1, 0.15) is 5.56 Å². The number of aromatic hydroxyl groups is 1. The maximum atomic E-state index is 12.1. The second-order valence-electron chi connectivity index (χ2n) is 8.27. The molecule has 2 heterocycles. The molecule has 0 amide bonds. The van der Waals surface area contributed by atoms with E-state index in [-0.39, 0.29) is 11.5 Å². The summed E-state index contributed by atoms with van der Waals surface area (Å²) in [5.41, 5.74) is 0.510. The van der Waals surface area contributed by atoms with E-state index in [0.29, 0.717) is 5.56 Å². The van der Waals surface area contributed by atoms with Crippen molar-refractivity contribution in [3.05, 3.63) is 29.8 Å². The van der Waals surface area contributed by atoms with Crippen molar-refractivity contribution < 1.29 is 69.3 Å². The lowest BCUT2D eigenvalue weighted by Crippen LogP contribution is -2.62. The molecule has 3 rings (SSSR count). The molecule has 1 aromatic rings. The Morgan fingerprint density at radius 2 is 1.78 bits per heavy atom. The molecule has 2 fully saturated rings. The number of esters is 1. The summed E-state index contributed by atoms with van der Waals surface area (Å²) in [5.74, 6) is -3.07. The third-order valence-corrected chi connectivity index (χ3v) is 5.90. The molecular weight excluding hydrogens is 488 g/mol. The summed E-state index contributed by atoms with van der Waals surface area (Å²) in [7, 11) is 1.36. The van der Waals surface area contributed by atoms with Gasteiger partial charge in [-0.05, 0) is 23.8 Å². The zero-order valence-corrected chi connectivity index (χ0v) is 19.2. The highest BCUT2D eigenvalue weighted by Crippen LogP contribution is 2.36. The Bertz CT molecular complexity index is 924. The second kappa shape index (κ2) is 11.8. The van der Waals surface area contributed by atoms with Crippen LogP contribution >= 0.6 is 0 Å². The highest BCUT2D eigenvalue weighted by molar-refractivity contribution is 5.87. The molecule has 0 saturated carbocycles. The first-order valence-corrected chi connectivity index (χ1v) is 10.9. The summed E-state index contributed by atoms with van der Waals surface area (Å²) < 4.78 is 26.0. The third-order valence-electron chi connectivity index (χ3n) is 5.90. The monoisotopic (exact) mass is 518 g/mol. The van der Waals surface area contributed by atoms with Crippen LogP contribution in [-0.4, -0.2) is 129 Å². The molecule has 0 radical (unpaired) electrons. The summed E-state index contributed by atoms with van der Waals surface area (Å²) in [6, 6.07) is 4.36. The van der Waals surface area contributed by atoms with Crippen LogP contribution in [0.25, 0.3) is 6.08 Å². The topological polar surface area (TPSA) is 225 Å². The molecule has 0 spiro atoms. The standard InChI is InChI=1S/C22H30O14/c1-32-12-6-10(2-4-11(12)25)3-5-15(26)33-8-14-16(27)18(29)19(30)21(34-14)36-22(9-24)20(31)17(28)13(7-23)35-22/h2-6,13-14,16-21,23-25,27-31H,7-9H2,1H3/b5-3+/t13?,14-,16-,17?,18+,19-,20?,21-,22?/m1/s1. The fourth-order valence-corrected chi connectivity index (χ4v) is 3.79. The minimum Gasteiger partial charge on any atom is -0.504 e. The van der Waals surface area contributed by atoms with Crippen molar-refractivity contribution in [2.24, 2.45) is 0 Å². The molecule has 9 atom stereocenters. The lowest BCUT2D eigenvalue weighted by molar-refractivity contribution is -0.383. The molecule has 4 unspecified atom stereocenters. The van der Waals surface area contributed by atoms with Crippen molar-refractivity contribution in [3.63, 3.8) is 0 Å². The number of benzene rings is 1. The van der Waals surface area contributed by atoms with E-state index in [4.69, 9.17) is 23.7 Å².